The average molecular weight is 1130 g/mol. The van der Waals surface area contributed by atoms with Crippen LogP contribution in [0.25, 0.3) is 0 Å². The van der Waals surface area contributed by atoms with Crippen molar-refractivity contribution in [3.8, 4) is 0 Å². The molecule has 0 bridgehead atoms. The number of guanidine groups is 1. The standard InChI is InChI=1S/C49H81N11O19/c1-24(2)14-10-8-6-5-7-9-11-15-27-22-32(64)56-33(26(4)62)41(69)53-25(3)44(72)59-20-13-17-30(59)40(68)54-28(16-12-19-52-49(50)51)39(67)57-34(37(65)46(74)75)42(70)55-29(23-61)45(73)60-21-18-31(63)36(60)43(71)58-35(48(78)79-27)38(66)47(76)77/h24-31,33-38,61-63,65-66H,5-23H2,1-4H3,(H,53,69)(H,54,68)(H,55,70)(H,56,64)(H,57,67)(H,58,71)(H,74,75)(H,76,77)(H4,50,51,52)/t25-,26-,27?,28+,29-,30+,31-,33-,34-,35+,36+,37-,38+/m1/s1. The largest absolute Gasteiger partial charge is 0.479 e. The zero-order valence-electron chi connectivity index (χ0n) is 45.0. The summed E-state index contributed by atoms with van der Waals surface area (Å²) in [7, 11) is 0. The van der Waals surface area contributed by atoms with Gasteiger partial charge in [-0.3, -0.25) is 43.3 Å². The maximum Gasteiger partial charge on any atom is 0.335 e. The number of ether oxygens (including phenoxy) is 1. The van der Waals surface area contributed by atoms with E-state index in [9.17, 15) is 88.5 Å². The molecule has 3 rings (SSSR count). The molecule has 30 nitrogen and oxygen atoms in total. The number of hydrogen-bond donors (Lipinski definition) is 15. The molecule has 0 aromatic rings. The maximum atomic E-state index is 14.1. The Morgan fingerprint density at radius 3 is 1.84 bits per heavy atom. The minimum atomic E-state index is -2.77. The zero-order chi connectivity index (χ0) is 59.3. The Balaban J connectivity index is 2.11. The van der Waals surface area contributed by atoms with Crippen LogP contribution in [-0.4, -0.2) is 222 Å². The van der Waals surface area contributed by atoms with Gasteiger partial charge in [0.25, 0.3) is 0 Å². The van der Waals surface area contributed by atoms with Gasteiger partial charge >= 0.3 is 17.9 Å². The second kappa shape index (κ2) is 32.3. The first kappa shape index (κ1) is 66.5. The number of nitrogens with one attached hydrogen (secondary N) is 6. The van der Waals surface area contributed by atoms with E-state index in [-0.39, 0.29) is 57.6 Å². The molecular formula is C49H81N11O19. The Kier molecular flexibility index (Phi) is 27.2. The number of carboxylic acids is 2. The molecule has 13 atom stereocenters. The molecule has 3 aliphatic rings. The van der Waals surface area contributed by atoms with E-state index >= 15 is 0 Å². The van der Waals surface area contributed by atoms with E-state index in [4.69, 9.17) is 16.2 Å². The third-order valence-corrected chi connectivity index (χ3v) is 13.7. The van der Waals surface area contributed by atoms with Crippen LogP contribution in [0.4, 0.5) is 0 Å². The van der Waals surface area contributed by atoms with Gasteiger partial charge < -0.3 is 93.7 Å². The first-order valence-corrected chi connectivity index (χ1v) is 26.7. The van der Waals surface area contributed by atoms with Gasteiger partial charge in [0.15, 0.2) is 24.2 Å². The highest BCUT2D eigenvalue weighted by Gasteiger charge is 2.47. The Labute approximate surface area is 456 Å². The van der Waals surface area contributed by atoms with Gasteiger partial charge in [-0.05, 0) is 64.7 Å². The molecule has 3 aliphatic heterocycles. The third-order valence-electron chi connectivity index (χ3n) is 13.7. The molecule has 0 saturated carbocycles. The van der Waals surface area contributed by atoms with Crippen molar-refractivity contribution in [2.45, 2.75) is 203 Å². The van der Waals surface area contributed by atoms with E-state index in [1.165, 1.54) is 6.92 Å². The minimum absolute atomic E-state index is 0.0308. The molecule has 0 spiro atoms. The topological polar surface area (TPSA) is 482 Å². The molecule has 17 N–H and O–H groups in total. The highest BCUT2D eigenvalue weighted by molar-refractivity contribution is 6.00. The van der Waals surface area contributed by atoms with Gasteiger partial charge in [0.2, 0.25) is 47.3 Å². The summed E-state index contributed by atoms with van der Waals surface area (Å²) in [5.41, 5.74) is 10.8. The molecule has 0 aromatic carbocycles. The summed E-state index contributed by atoms with van der Waals surface area (Å²) in [5.74, 6) is -15.0. The highest BCUT2D eigenvalue weighted by atomic mass is 16.5. The predicted octanol–water partition coefficient (Wildman–Crippen LogP) is -5.33. The van der Waals surface area contributed by atoms with E-state index in [0.29, 0.717) is 23.7 Å². The number of aliphatic hydroxyl groups is 5. The summed E-state index contributed by atoms with van der Waals surface area (Å²) < 4.78 is 5.60. The Bertz CT molecular complexity index is 2180. The molecule has 0 aromatic heterocycles. The number of aliphatic carboxylic acids is 2. The molecule has 0 radical (unpaired) electrons. The van der Waals surface area contributed by atoms with Gasteiger partial charge in [-0.2, -0.15) is 0 Å². The number of carbonyl (C=O) groups is 11. The fraction of sp³-hybridized carbons (Fsp3) is 0.755. The minimum Gasteiger partial charge on any atom is -0.479 e. The fourth-order valence-electron chi connectivity index (χ4n) is 9.37. The number of esters is 1. The summed E-state index contributed by atoms with van der Waals surface area (Å²) in [4.78, 5) is 155. The fourth-order valence-corrected chi connectivity index (χ4v) is 9.37. The number of nitrogens with two attached hydrogens (primary N) is 2. The number of cyclic esters (lactones) is 1. The first-order valence-electron chi connectivity index (χ1n) is 26.7. The number of unbranched alkanes of at least 4 members (excludes halogenated alkanes) is 6. The van der Waals surface area contributed by atoms with Crippen LogP contribution in [0, 0.1) is 5.92 Å². The number of nitrogens with zero attached hydrogens (tertiary/aromatic N) is 3. The summed E-state index contributed by atoms with van der Waals surface area (Å²) in [6.07, 6.45) is -4.92. The Hall–Kier alpha value is -6.76. The lowest BCUT2D eigenvalue weighted by molar-refractivity contribution is -0.165. The quantitative estimate of drug-likeness (QED) is 0.0234. The van der Waals surface area contributed by atoms with E-state index in [1.807, 2.05) is 16.0 Å². The van der Waals surface area contributed by atoms with Crippen molar-refractivity contribution < 1.29 is 93.2 Å². The number of aliphatic hydroxyl groups excluding tert-OH is 5. The molecule has 3 heterocycles. The number of carboxylic acid groups (broad SMARTS) is 2. The molecule has 79 heavy (non-hydrogen) atoms. The van der Waals surface area contributed by atoms with Crippen molar-refractivity contribution in [1.29, 1.82) is 0 Å². The molecule has 446 valence electrons. The third kappa shape index (κ3) is 20.4. The number of carbonyl (C=O) groups excluding carboxylic acids is 9. The number of aliphatic imine (C=N–C) groups is 1. The van der Waals surface area contributed by atoms with Crippen LogP contribution < -0.4 is 43.4 Å². The molecule has 3 fully saturated rings. The van der Waals surface area contributed by atoms with E-state index in [0.717, 1.165) is 50.3 Å². The molecule has 8 amide bonds. The molecule has 30 heteroatoms. The van der Waals surface area contributed by atoms with Gasteiger partial charge in [0, 0.05) is 19.6 Å². The van der Waals surface area contributed by atoms with Gasteiger partial charge in [0.1, 0.15) is 48.4 Å². The van der Waals surface area contributed by atoms with Crippen LogP contribution in [0.2, 0.25) is 0 Å². The zero-order valence-corrected chi connectivity index (χ0v) is 45.0. The summed E-state index contributed by atoms with van der Waals surface area (Å²) in [6, 6.07) is -15.3. The summed E-state index contributed by atoms with van der Waals surface area (Å²) >= 11 is 0. The number of rotatable bonds is 20. The van der Waals surface area contributed by atoms with Crippen molar-refractivity contribution in [3.05, 3.63) is 0 Å². The second-order valence-electron chi connectivity index (χ2n) is 20.5. The van der Waals surface area contributed by atoms with Crippen LogP contribution in [0.3, 0.4) is 0 Å². The molecule has 3 saturated heterocycles. The second-order valence-corrected chi connectivity index (χ2v) is 20.5. The molecule has 1 unspecified atom stereocenters. The van der Waals surface area contributed by atoms with Gasteiger partial charge in [0.05, 0.1) is 25.2 Å². The molecular weight excluding hydrogens is 1050 g/mol. The van der Waals surface area contributed by atoms with Crippen molar-refractivity contribution in [2.24, 2.45) is 22.4 Å². The highest BCUT2D eigenvalue weighted by Crippen LogP contribution is 2.23. The van der Waals surface area contributed by atoms with Crippen LogP contribution in [0.15, 0.2) is 4.99 Å². The van der Waals surface area contributed by atoms with Crippen molar-refractivity contribution in [3.63, 3.8) is 0 Å². The molecule has 0 aliphatic carbocycles. The van der Waals surface area contributed by atoms with Gasteiger partial charge in [-0.25, -0.2) is 14.4 Å². The average Bonchev–Trinajstić information content (AvgIpc) is 4.05. The lowest BCUT2D eigenvalue weighted by atomic mass is 10.0. The first-order chi connectivity index (χ1) is 37.2. The smallest absolute Gasteiger partial charge is 0.335 e. The maximum absolute atomic E-state index is 14.1. The Morgan fingerprint density at radius 1 is 0.658 bits per heavy atom. The van der Waals surface area contributed by atoms with Crippen LogP contribution in [0.1, 0.15) is 124 Å². The number of fused-ring (bicyclic) bond motifs is 2. The van der Waals surface area contributed by atoms with E-state index < -0.39 is 164 Å². The number of amides is 8. The van der Waals surface area contributed by atoms with Crippen LogP contribution in [-0.2, 0) is 57.5 Å². The van der Waals surface area contributed by atoms with Gasteiger partial charge in [-0.15, -0.1) is 0 Å². The van der Waals surface area contributed by atoms with Crippen LogP contribution in [0.5, 0.6) is 0 Å². The van der Waals surface area contributed by atoms with Crippen LogP contribution >= 0.6 is 0 Å². The summed E-state index contributed by atoms with van der Waals surface area (Å²) in [6.45, 7) is 4.75. The van der Waals surface area contributed by atoms with E-state index in [2.05, 4.69) is 34.8 Å². The van der Waals surface area contributed by atoms with Gasteiger partial charge in [-0.1, -0.05) is 58.8 Å². The van der Waals surface area contributed by atoms with E-state index in [1.54, 1.807) is 0 Å². The monoisotopic (exact) mass is 1130 g/mol. The Morgan fingerprint density at radius 2 is 1.24 bits per heavy atom. The normalized spacial score (nSPS) is 27.8. The predicted molar refractivity (Wildman–Crippen MR) is 275 cm³/mol. The lowest BCUT2D eigenvalue weighted by Gasteiger charge is -2.32. The van der Waals surface area contributed by atoms with Crippen molar-refractivity contribution >= 4 is 71.1 Å². The number of hydrogen-bond acceptors (Lipinski definition) is 18. The lowest BCUT2D eigenvalue weighted by Crippen LogP contribution is -2.64. The SMILES string of the molecule is CC(C)CCCCCCCCCC1CC(=O)N[C@H]([C@@H](C)O)C(=O)N[C@H](C)C(=O)N2CCC[C@H]2C(=O)N[C@@H](CCCN=C(N)N)C(=O)N[C@H]([C@@H](O)C(=O)O)C(=O)N[C@H](CO)C(=O)N2CC[C@@H](O)[C@H]2C(=O)N[C@@H]([C@H](O)C(=O)O)C(=O)O1. The van der Waals surface area contributed by atoms with Crippen molar-refractivity contribution in [2.75, 3.05) is 26.2 Å². The summed E-state index contributed by atoms with van der Waals surface area (Å²) in [5, 5.41) is 86.5. The van der Waals surface area contributed by atoms with Crippen molar-refractivity contribution in [1.82, 2.24) is 41.7 Å².